The molecule has 0 saturated carbocycles. The molecule has 15 heavy (non-hydrogen) atoms. The predicted octanol–water partition coefficient (Wildman–Crippen LogP) is 1.75. The van der Waals surface area contributed by atoms with Crippen LogP contribution in [0.5, 0.6) is 0 Å². The Morgan fingerprint density at radius 1 is 0.667 bits per heavy atom. The van der Waals surface area contributed by atoms with E-state index in [1.165, 1.54) is 0 Å². The Kier molecular flexibility index (Phi) is 3.94. The lowest BCUT2D eigenvalue weighted by molar-refractivity contribution is 0.348. The van der Waals surface area contributed by atoms with Crippen molar-refractivity contribution < 1.29 is 28.3 Å². The Bertz CT molecular complexity index is 339. The molecule has 3 N–H and O–H groups in total. The van der Waals surface area contributed by atoms with Gasteiger partial charge in [0.1, 0.15) is 0 Å². The maximum Gasteiger partial charge on any atom is 0.346 e. The minimum Gasteiger partial charge on any atom is -0.322 e. The molecule has 0 aromatic heterocycles. The van der Waals surface area contributed by atoms with E-state index in [0.29, 0.717) is 0 Å². The molecule has 90 valence electrons. The topological polar surface area (TPSA) is 125 Å². The van der Waals surface area contributed by atoms with Crippen LogP contribution in [0.15, 0.2) is 13.5 Å². The lowest BCUT2D eigenvalue weighted by Crippen LogP contribution is -1.92. The van der Waals surface area contributed by atoms with Crippen LogP contribution < -0.4 is 0 Å². The first-order valence-corrected chi connectivity index (χ1v) is 8.27. The van der Waals surface area contributed by atoms with Crippen LogP contribution in [0.1, 0.15) is 0 Å². The third kappa shape index (κ3) is 2.97. The zero-order valence-corrected chi connectivity index (χ0v) is 10.9. The fraction of sp³-hybridized carbons (Fsp3) is 1.00. The second kappa shape index (κ2) is 4.37. The first kappa shape index (κ1) is 13.5. The second-order valence-corrected chi connectivity index (χ2v) is 8.68. The summed E-state index contributed by atoms with van der Waals surface area (Å²) in [5, 5.41) is 0. The van der Waals surface area contributed by atoms with Gasteiger partial charge in [0, 0.05) is 21.3 Å². The van der Waals surface area contributed by atoms with Gasteiger partial charge in [0.25, 0.3) is 0 Å². The molecule has 1 rings (SSSR count). The number of hydrogen-bond donors (Lipinski definition) is 3. The Morgan fingerprint density at radius 2 is 0.867 bits per heavy atom. The summed E-state index contributed by atoms with van der Waals surface area (Å²) in [7, 11) is -7.41. The lowest BCUT2D eigenvalue weighted by Gasteiger charge is -2.24. The minimum atomic E-state index is -3.62. The molecule has 0 aromatic rings. The predicted molar refractivity (Wildman–Crippen MR) is 55.7 cm³/mol. The maximum absolute atomic E-state index is 9.68. The third-order valence-corrected chi connectivity index (χ3v) is 8.50. The average Bonchev–Trinajstić information content (AvgIpc) is 2.16. The van der Waals surface area contributed by atoms with E-state index in [0.717, 1.165) is 21.3 Å². The standard InChI is InChI=1S/C3H12N3O6P3/c1-10-13(7)4-14(8,11-2)6-15(9,5-13)12-3/h7-9H,1-3H3. The molecule has 0 radical (unpaired) electrons. The van der Waals surface area contributed by atoms with Gasteiger partial charge in [-0.15, -0.1) is 13.5 Å². The molecule has 0 saturated heterocycles. The van der Waals surface area contributed by atoms with Crippen molar-refractivity contribution in [3.63, 3.8) is 0 Å². The highest BCUT2D eigenvalue weighted by Gasteiger charge is 2.35. The van der Waals surface area contributed by atoms with Gasteiger partial charge in [-0.25, -0.2) is 0 Å². The van der Waals surface area contributed by atoms with E-state index in [4.69, 9.17) is 0 Å². The molecule has 0 amide bonds. The Morgan fingerprint density at radius 3 is 1.00 bits per heavy atom. The minimum absolute atomic E-state index is 1.14. The van der Waals surface area contributed by atoms with Crippen molar-refractivity contribution in [3.05, 3.63) is 0 Å². The van der Waals surface area contributed by atoms with Gasteiger partial charge in [0.15, 0.2) is 0 Å². The number of hydrogen-bond acceptors (Lipinski definition) is 6. The molecular weight excluding hydrogens is 267 g/mol. The summed E-state index contributed by atoms with van der Waals surface area (Å²) in [6.45, 7) is 0. The quantitative estimate of drug-likeness (QED) is 0.675. The highest BCUT2D eigenvalue weighted by molar-refractivity contribution is 7.77. The van der Waals surface area contributed by atoms with E-state index in [2.05, 4.69) is 27.1 Å². The van der Waals surface area contributed by atoms with Crippen molar-refractivity contribution in [2.24, 2.45) is 13.5 Å². The maximum atomic E-state index is 9.68. The Labute approximate surface area is 86.8 Å². The van der Waals surface area contributed by atoms with E-state index in [9.17, 15) is 14.7 Å². The van der Waals surface area contributed by atoms with Gasteiger partial charge in [-0.1, -0.05) is 0 Å². The molecule has 1 heterocycles. The van der Waals surface area contributed by atoms with Gasteiger partial charge in [0.2, 0.25) is 0 Å². The van der Waals surface area contributed by atoms with E-state index in [1.54, 1.807) is 0 Å². The molecular formula is C3H12N3O6P3. The summed E-state index contributed by atoms with van der Waals surface area (Å²) in [5.74, 6) is 0. The van der Waals surface area contributed by atoms with Crippen LogP contribution in [0.4, 0.5) is 0 Å². The molecule has 0 spiro atoms. The summed E-state index contributed by atoms with van der Waals surface area (Å²) < 4.78 is 24.3. The van der Waals surface area contributed by atoms with Crippen LogP contribution >= 0.6 is 23.0 Å². The third-order valence-electron chi connectivity index (χ3n) is 1.43. The van der Waals surface area contributed by atoms with Crippen molar-refractivity contribution in [2.75, 3.05) is 21.3 Å². The highest BCUT2D eigenvalue weighted by Crippen LogP contribution is 2.75. The van der Waals surface area contributed by atoms with Crippen LogP contribution in [-0.2, 0) is 13.6 Å². The smallest absolute Gasteiger partial charge is 0.322 e. The van der Waals surface area contributed by atoms with Crippen LogP contribution in [0.3, 0.4) is 0 Å². The largest absolute Gasteiger partial charge is 0.346 e. The van der Waals surface area contributed by atoms with Gasteiger partial charge in [-0.3, -0.25) is 0 Å². The summed E-state index contributed by atoms with van der Waals surface area (Å²) in [6.07, 6.45) is 0. The molecule has 0 fully saturated rings. The fourth-order valence-corrected chi connectivity index (χ4v) is 7.52. The summed E-state index contributed by atoms with van der Waals surface area (Å²) in [5.41, 5.74) is 0. The van der Waals surface area contributed by atoms with Gasteiger partial charge in [0.05, 0.1) is 0 Å². The lowest BCUT2D eigenvalue weighted by atomic mass is 11.8. The van der Waals surface area contributed by atoms with Gasteiger partial charge < -0.3 is 28.3 Å². The zero-order valence-electron chi connectivity index (χ0n) is 8.25. The van der Waals surface area contributed by atoms with Crippen molar-refractivity contribution in [1.29, 1.82) is 0 Å². The van der Waals surface area contributed by atoms with Gasteiger partial charge in [-0.2, -0.15) is 0 Å². The molecule has 1 aliphatic heterocycles. The Balaban J connectivity index is 3.46. The molecule has 0 aromatic carbocycles. The molecule has 0 atom stereocenters. The summed E-state index contributed by atoms with van der Waals surface area (Å²) >= 11 is 0. The molecule has 0 bridgehead atoms. The first-order valence-electron chi connectivity index (χ1n) is 3.57. The summed E-state index contributed by atoms with van der Waals surface area (Å²) in [6, 6.07) is 0. The SMILES string of the molecule is COP1(O)=NP(O)(OC)=NP(O)(OC)=N1. The molecule has 9 nitrogen and oxygen atoms in total. The van der Waals surface area contributed by atoms with Gasteiger partial charge in [-0.05, 0) is 0 Å². The van der Waals surface area contributed by atoms with E-state index < -0.39 is 23.0 Å². The fourth-order valence-electron chi connectivity index (χ4n) is 0.728. The van der Waals surface area contributed by atoms with Crippen LogP contribution in [0, 0.1) is 0 Å². The van der Waals surface area contributed by atoms with E-state index in [-0.39, 0.29) is 0 Å². The van der Waals surface area contributed by atoms with Crippen molar-refractivity contribution in [2.45, 2.75) is 0 Å². The van der Waals surface area contributed by atoms with Crippen molar-refractivity contribution >= 4 is 23.0 Å². The molecule has 12 heteroatoms. The van der Waals surface area contributed by atoms with Crippen LogP contribution in [-0.4, -0.2) is 36.0 Å². The van der Waals surface area contributed by atoms with E-state index >= 15 is 0 Å². The van der Waals surface area contributed by atoms with E-state index in [1.807, 2.05) is 0 Å². The summed E-state index contributed by atoms with van der Waals surface area (Å²) in [4.78, 5) is 29.1. The first-order chi connectivity index (χ1) is 6.80. The average molecular weight is 279 g/mol. The van der Waals surface area contributed by atoms with Crippen molar-refractivity contribution in [3.8, 4) is 0 Å². The normalized spacial score (nSPS) is 45.2. The molecule has 0 unspecified atom stereocenters. The number of nitrogens with zero attached hydrogens (tertiary/aromatic N) is 3. The van der Waals surface area contributed by atoms with Gasteiger partial charge >= 0.3 is 23.0 Å². The van der Waals surface area contributed by atoms with Crippen LogP contribution in [0.2, 0.25) is 0 Å². The highest BCUT2D eigenvalue weighted by atomic mass is 31.3. The van der Waals surface area contributed by atoms with Crippen molar-refractivity contribution in [1.82, 2.24) is 0 Å². The molecule has 0 aliphatic carbocycles. The number of rotatable bonds is 3. The Hall–Kier alpha value is 0.450. The zero-order chi connectivity index (χ0) is 11.7. The monoisotopic (exact) mass is 279 g/mol. The molecule has 1 aliphatic rings. The van der Waals surface area contributed by atoms with Crippen LogP contribution in [0.25, 0.3) is 0 Å². The second-order valence-electron chi connectivity index (χ2n) is 2.36.